The number of carbonyl (C=O) groups excluding carboxylic acids is 1. The van der Waals surface area contributed by atoms with Crippen molar-refractivity contribution in [1.82, 2.24) is 4.90 Å². The standard InChI is InChI=1S/C19H20F3NO2S/c1-23(13-14-5-2-3-6-17(14)19(20,21)22)18(25)7-4-12-26-16-10-8-15(24)9-11-16/h2-3,5-6,8-11,24H,4,7,12-13H2,1H3. The minimum absolute atomic E-state index is 0.0698. The molecule has 7 heteroatoms. The third-order valence-electron chi connectivity index (χ3n) is 3.80. The largest absolute Gasteiger partial charge is 0.508 e. The predicted octanol–water partition coefficient (Wildman–Crippen LogP) is 4.94. The number of aromatic hydroxyl groups is 1. The second-order valence-electron chi connectivity index (χ2n) is 5.85. The molecular formula is C19H20F3NO2S. The number of nitrogens with zero attached hydrogens (tertiary/aromatic N) is 1. The summed E-state index contributed by atoms with van der Waals surface area (Å²) >= 11 is 1.56. The summed E-state index contributed by atoms with van der Waals surface area (Å²) in [5, 5.41) is 9.22. The second kappa shape index (κ2) is 8.98. The molecule has 0 heterocycles. The van der Waals surface area contributed by atoms with E-state index >= 15 is 0 Å². The Bertz CT molecular complexity index is 732. The maximum absolute atomic E-state index is 13.0. The molecule has 2 aromatic carbocycles. The van der Waals surface area contributed by atoms with Gasteiger partial charge in [-0.1, -0.05) is 18.2 Å². The van der Waals surface area contributed by atoms with Gasteiger partial charge in [0.1, 0.15) is 5.75 Å². The van der Waals surface area contributed by atoms with Crippen molar-refractivity contribution >= 4 is 17.7 Å². The van der Waals surface area contributed by atoms with Crippen LogP contribution in [0.2, 0.25) is 0 Å². The van der Waals surface area contributed by atoms with Crippen LogP contribution >= 0.6 is 11.8 Å². The Balaban J connectivity index is 1.82. The van der Waals surface area contributed by atoms with E-state index in [1.165, 1.54) is 30.1 Å². The van der Waals surface area contributed by atoms with Gasteiger partial charge in [-0.05, 0) is 48.1 Å². The number of amides is 1. The summed E-state index contributed by atoms with van der Waals surface area (Å²) in [6.07, 6.45) is -3.54. The van der Waals surface area contributed by atoms with E-state index in [9.17, 15) is 23.1 Å². The summed E-state index contributed by atoms with van der Waals surface area (Å²) < 4.78 is 39.0. The van der Waals surface area contributed by atoms with Gasteiger partial charge < -0.3 is 10.0 Å². The number of alkyl halides is 3. The van der Waals surface area contributed by atoms with Gasteiger partial charge >= 0.3 is 6.18 Å². The van der Waals surface area contributed by atoms with Crippen molar-refractivity contribution in [2.24, 2.45) is 0 Å². The molecule has 0 aromatic heterocycles. The van der Waals surface area contributed by atoms with Gasteiger partial charge in [0.2, 0.25) is 5.91 Å². The summed E-state index contributed by atoms with van der Waals surface area (Å²) in [5.41, 5.74) is -0.614. The highest BCUT2D eigenvalue weighted by molar-refractivity contribution is 7.99. The van der Waals surface area contributed by atoms with E-state index in [-0.39, 0.29) is 30.2 Å². The van der Waals surface area contributed by atoms with Crippen molar-refractivity contribution in [3.63, 3.8) is 0 Å². The summed E-state index contributed by atoms with van der Waals surface area (Å²) in [5.74, 6) is 0.724. The first-order valence-corrected chi connectivity index (χ1v) is 9.07. The van der Waals surface area contributed by atoms with Crippen molar-refractivity contribution in [3.05, 3.63) is 59.7 Å². The SMILES string of the molecule is CN(Cc1ccccc1C(F)(F)F)C(=O)CCCSc1ccc(O)cc1. The van der Waals surface area contributed by atoms with Crippen molar-refractivity contribution < 1.29 is 23.1 Å². The van der Waals surface area contributed by atoms with Crippen LogP contribution in [0.15, 0.2) is 53.4 Å². The molecule has 1 N–H and O–H groups in total. The minimum atomic E-state index is -4.43. The lowest BCUT2D eigenvalue weighted by molar-refractivity contribution is -0.139. The van der Waals surface area contributed by atoms with E-state index in [2.05, 4.69) is 0 Å². The van der Waals surface area contributed by atoms with Gasteiger partial charge in [0.15, 0.2) is 0 Å². The molecule has 26 heavy (non-hydrogen) atoms. The van der Waals surface area contributed by atoms with Crippen molar-refractivity contribution in [1.29, 1.82) is 0 Å². The molecule has 0 fully saturated rings. The normalized spacial score (nSPS) is 11.4. The monoisotopic (exact) mass is 383 g/mol. The fourth-order valence-corrected chi connectivity index (χ4v) is 3.28. The van der Waals surface area contributed by atoms with E-state index in [0.29, 0.717) is 12.2 Å². The van der Waals surface area contributed by atoms with E-state index < -0.39 is 11.7 Å². The second-order valence-corrected chi connectivity index (χ2v) is 7.02. The van der Waals surface area contributed by atoms with Gasteiger partial charge in [0.05, 0.1) is 5.56 Å². The van der Waals surface area contributed by atoms with Gasteiger partial charge in [0.25, 0.3) is 0 Å². The third kappa shape index (κ3) is 5.98. The molecule has 0 atom stereocenters. The topological polar surface area (TPSA) is 40.5 Å². The van der Waals surface area contributed by atoms with Crippen LogP contribution in [-0.2, 0) is 17.5 Å². The Morgan fingerprint density at radius 2 is 1.77 bits per heavy atom. The number of benzene rings is 2. The Labute approximate surface area is 154 Å². The van der Waals surface area contributed by atoms with Crippen molar-refractivity contribution in [2.75, 3.05) is 12.8 Å². The number of phenolic OH excluding ortho intramolecular Hbond substituents is 1. The fourth-order valence-electron chi connectivity index (χ4n) is 2.43. The smallest absolute Gasteiger partial charge is 0.416 e. The lowest BCUT2D eigenvalue weighted by atomic mass is 10.1. The molecule has 0 bridgehead atoms. The van der Waals surface area contributed by atoms with Gasteiger partial charge in [0, 0.05) is 24.9 Å². The molecular weight excluding hydrogens is 363 g/mol. The first-order valence-electron chi connectivity index (χ1n) is 8.08. The van der Waals surface area contributed by atoms with Crippen molar-refractivity contribution in [3.8, 4) is 5.75 Å². The number of hydrogen-bond donors (Lipinski definition) is 1. The van der Waals surface area contributed by atoms with Gasteiger partial charge in [-0.2, -0.15) is 13.2 Å². The van der Waals surface area contributed by atoms with Crippen LogP contribution in [0.5, 0.6) is 5.75 Å². The molecule has 2 rings (SSSR count). The first-order chi connectivity index (χ1) is 12.3. The van der Waals surface area contributed by atoms with Crippen molar-refractivity contribution in [2.45, 2.75) is 30.5 Å². The number of phenols is 1. The zero-order chi connectivity index (χ0) is 19.2. The Hall–Kier alpha value is -2.15. The van der Waals surface area contributed by atoms with E-state index in [4.69, 9.17) is 0 Å². The van der Waals surface area contributed by atoms with E-state index in [0.717, 1.165) is 11.0 Å². The van der Waals surface area contributed by atoms with Gasteiger partial charge in [-0.3, -0.25) is 4.79 Å². The molecule has 0 saturated heterocycles. The van der Waals surface area contributed by atoms with Gasteiger partial charge in [-0.15, -0.1) is 11.8 Å². The summed E-state index contributed by atoms with van der Waals surface area (Å²) in [6, 6.07) is 12.1. The van der Waals surface area contributed by atoms with Crippen LogP contribution in [0, 0.1) is 0 Å². The average Bonchev–Trinajstić information content (AvgIpc) is 2.59. The molecule has 0 aliphatic heterocycles. The molecule has 1 amide bonds. The first kappa shape index (κ1) is 20.2. The molecule has 0 radical (unpaired) electrons. The summed E-state index contributed by atoms with van der Waals surface area (Å²) in [7, 11) is 1.52. The number of rotatable bonds is 7. The van der Waals surface area contributed by atoms with Crippen LogP contribution in [-0.4, -0.2) is 28.7 Å². The van der Waals surface area contributed by atoms with Crippen LogP contribution in [0.25, 0.3) is 0 Å². The lowest BCUT2D eigenvalue weighted by Crippen LogP contribution is -2.27. The maximum atomic E-state index is 13.0. The highest BCUT2D eigenvalue weighted by atomic mass is 32.2. The molecule has 2 aromatic rings. The van der Waals surface area contributed by atoms with Crippen LogP contribution in [0.1, 0.15) is 24.0 Å². The Kier molecular flexibility index (Phi) is 6.97. The highest BCUT2D eigenvalue weighted by Crippen LogP contribution is 2.32. The Morgan fingerprint density at radius 3 is 2.42 bits per heavy atom. The molecule has 0 unspecified atom stereocenters. The molecule has 140 valence electrons. The quantitative estimate of drug-likeness (QED) is 0.544. The summed E-state index contributed by atoms with van der Waals surface area (Å²) in [6.45, 7) is -0.0698. The summed E-state index contributed by atoms with van der Waals surface area (Å²) in [4.78, 5) is 14.5. The average molecular weight is 383 g/mol. The molecule has 0 spiro atoms. The van der Waals surface area contributed by atoms with Crippen LogP contribution in [0.3, 0.4) is 0 Å². The number of halogens is 3. The van der Waals surface area contributed by atoms with E-state index in [1.54, 1.807) is 36.0 Å². The number of thioether (sulfide) groups is 1. The van der Waals surface area contributed by atoms with E-state index in [1.807, 2.05) is 0 Å². The Morgan fingerprint density at radius 1 is 1.12 bits per heavy atom. The van der Waals surface area contributed by atoms with Crippen LogP contribution < -0.4 is 0 Å². The highest BCUT2D eigenvalue weighted by Gasteiger charge is 2.33. The predicted molar refractivity (Wildman–Crippen MR) is 96.0 cm³/mol. The lowest BCUT2D eigenvalue weighted by Gasteiger charge is -2.20. The number of carbonyl (C=O) groups is 1. The molecule has 0 aliphatic carbocycles. The maximum Gasteiger partial charge on any atom is 0.416 e. The minimum Gasteiger partial charge on any atom is -0.508 e. The third-order valence-corrected chi connectivity index (χ3v) is 4.89. The number of hydrogen-bond acceptors (Lipinski definition) is 3. The molecule has 3 nitrogen and oxygen atoms in total. The molecule has 0 saturated carbocycles. The zero-order valence-corrected chi connectivity index (χ0v) is 15.1. The zero-order valence-electron chi connectivity index (χ0n) is 14.3. The van der Waals surface area contributed by atoms with Gasteiger partial charge in [-0.25, -0.2) is 0 Å². The molecule has 0 aliphatic rings. The fraction of sp³-hybridized carbons (Fsp3) is 0.316. The van der Waals surface area contributed by atoms with Crippen LogP contribution in [0.4, 0.5) is 13.2 Å².